The Morgan fingerprint density at radius 2 is 1.13 bits per heavy atom. The van der Waals surface area contributed by atoms with Crippen LogP contribution in [0.3, 0.4) is 0 Å². The third-order valence-corrected chi connectivity index (χ3v) is 10.4. The Kier molecular flexibility index (Phi) is 7.10. The van der Waals surface area contributed by atoms with E-state index in [0.717, 1.165) is 55.5 Å². The quantitative estimate of drug-likeness (QED) is 0.184. The van der Waals surface area contributed by atoms with Crippen LogP contribution in [-0.4, -0.2) is 10.4 Å². The standard InChI is InChI=1S/C49H34N2O/c1-32-29-38(35-23-21-34(22-24-35)37-14-9-13-36(30-37)33-11-3-2-4-12-33)27-28-50-49(32)51-45-19-7-5-15-41(45)44-31-39(25-26-46(44)51)40-17-10-18-43-42-16-6-8-20-47(42)52-48(40)43/h2-32H,1H3/t32-/m0/s1. The number of furan rings is 1. The van der Waals surface area contributed by atoms with E-state index < -0.39 is 0 Å². The third kappa shape index (κ3) is 5.01. The van der Waals surface area contributed by atoms with Gasteiger partial charge in [0.15, 0.2) is 0 Å². The molecule has 0 N–H and O–H groups in total. The zero-order chi connectivity index (χ0) is 34.6. The Labute approximate surface area is 302 Å². The van der Waals surface area contributed by atoms with E-state index in [9.17, 15) is 0 Å². The monoisotopic (exact) mass is 666 g/mol. The van der Waals surface area contributed by atoms with Gasteiger partial charge in [-0.1, -0.05) is 146 Å². The third-order valence-electron chi connectivity index (χ3n) is 10.4. The molecule has 0 bridgehead atoms. The minimum Gasteiger partial charge on any atom is -0.455 e. The molecule has 0 amide bonds. The van der Waals surface area contributed by atoms with Gasteiger partial charge in [0.2, 0.25) is 0 Å². The maximum atomic E-state index is 6.42. The second-order valence-electron chi connectivity index (χ2n) is 13.6. The van der Waals surface area contributed by atoms with Crippen molar-refractivity contribution in [3.05, 3.63) is 188 Å². The Bertz CT molecular complexity index is 2900. The van der Waals surface area contributed by atoms with Gasteiger partial charge in [-0.25, -0.2) is 4.99 Å². The molecule has 10 rings (SSSR count). The lowest BCUT2D eigenvalue weighted by atomic mass is 9.96. The van der Waals surface area contributed by atoms with Gasteiger partial charge in [0, 0.05) is 39.2 Å². The largest absolute Gasteiger partial charge is 0.455 e. The first kappa shape index (κ1) is 30.1. The first-order valence-corrected chi connectivity index (χ1v) is 17.9. The van der Waals surface area contributed by atoms with Gasteiger partial charge >= 0.3 is 0 Å². The van der Waals surface area contributed by atoms with E-state index in [2.05, 4.69) is 175 Å². The molecule has 1 atom stereocenters. The van der Waals surface area contributed by atoms with Crippen molar-refractivity contribution in [3.8, 4) is 33.4 Å². The highest BCUT2D eigenvalue weighted by Gasteiger charge is 2.21. The van der Waals surface area contributed by atoms with E-state index in [1.165, 1.54) is 38.6 Å². The van der Waals surface area contributed by atoms with Crippen molar-refractivity contribution in [1.29, 1.82) is 0 Å². The van der Waals surface area contributed by atoms with Crippen LogP contribution in [0.15, 0.2) is 192 Å². The molecule has 246 valence electrons. The van der Waals surface area contributed by atoms with Crippen molar-refractivity contribution in [2.45, 2.75) is 6.92 Å². The molecular formula is C49H34N2O. The van der Waals surface area contributed by atoms with Gasteiger partial charge in [0.25, 0.3) is 0 Å². The Balaban J connectivity index is 1.00. The van der Waals surface area contributed by atoms with Crippen molar-refractivity contribution in [3.63, 3.8) is 0 Å². The minimum atomic E-state index is 0.0650. The van der Waals surface area contributed by atoms with Crippen LogP contribution in [0.2, 0.25) is 0 Å². The predicted molar refractivity (Wildman–Crippen MR) is 219 cm³/mol. The van der Waals surface area contributed by atoms with Gasteiger partial charge in [0.05, 0.1) is 11.0 Å². The van der Waals surface area contributed by atoms with Crippen LogP contribution < -0.4 is 0 Å². The Morgan fingerprint density at radius 1 is 0.500 bits per heavy atom. The Morgan fingerprint density at radius 3 is 1.98 bits per heavy atom. The van der Waals surface area contributed by atoms with E-state index >= 15 is 0 Å². The number of rotatable bonds is 4. The number of nitrogens with zero attached hydrogens (tertiary/aromatic N) is 2. The summed E-state index contributed by atoms with van der Waals surface area (Å²) < 4.78 is 8.77. The number of allylic oxidation sites excluding steroid dienone is 3. The lowest BCUT2D eigenvalue weighted by Crippen LogP contribution is -2.18. The van der Waals surface area contributed by atoms with Gasteiger partial charge < -0.3 is 4.42 Å². The zero-order valence-corrected chi connectivity index (χ0v) is 28.7. The first-order chi connectivity index (χ1) is 25.7. The minimum absolute atomic E-state index is 0.0650. The topological polar surface area (TPSA) is 30.4 Å². The molecule has 0 saturated heterocycles. The maximum absolute atomic E-state index is 6.42. The summed E-state index contributed by atoms with van der Waals surface area (Å²) in [6.45, 7) is 2.24. The van der Waals surface area contributed by atoms with E-state index in [1.807, 2.05) is 18.3 Å². The molecule has 0 aliphatic carbocycles. The number of benzene rings is 7. The van der Waals surface area contributed by atoms with Crippen molar-refractivity contribution >= 4 is 55.2 Å². The molecule has 0 saturated carbocycles. The highest BCUT2D eigenvalue weighted by Crippen LogP contribution is 2.39. The van der Waals surface area contributed by atoms with Gasteiger partial charge in [-0.05, 0) is 75.4 Å². The van der Waals surface area contributed by atoms with E-state index in [4.69, 9.17) is 9.41 Å². The van der Waals surface area contributed by atoms with Crippen LogP contribution in [0.25, 0.3) is 82.7 Å². The zero-order valence-electron chi connectivity index (χ0n) is 28.7. The van der Waals surface area contributed by atoms with E-state index in [1.54, 1.807) is 0 Å². The first-order valence-electron chi connectivity index (χ1n) is 17.9. The predicted octanol–water partition coefficient (Wildman–Crippen LogP) is 13.2. The number of para-hydroxylation sites is 3. The molecule has 0 radical (unpaired) electrons. The number of hydrogen-bond donors (Lipinski definition) is 0. The molecule has 1 aliphatic rings. The number of aliphatic imine (C=N–C) groups is 1. The molecule has 0 fully saturated rings. The van der Waals surface area contributed by atoms with Crippen LogP contribution in [0, 0.1) is 5.92 Å². The van der Waals surface area contributed by atoms with Crippen LogP contribution in [0.4, 0.5) is 0 Å². The molecule has 9 aromatic rings. The molecule has 1 aliphatic heterocycles. The molecule has 7 aromatic carbocycles. The van der Waals surface area contributed by atoms with Crippen LogP contribution >= 0.6 is 0 Å². The summed E-state index contributed by atoms with van der Waals surface area (Å²) in [5.41, 5.74) is 13.5. The van der Waals surface area contributed by atoms with Crippen molar-refractivity contribution in [2.24, 2.45) is 10.9 Å². The lowest BCUT2D eigenvalue weighted by molar-refractivity contribution is 0.670. The molecule has 3 nitrogen and oxygen atoms in total. The molecule has 0 spiro atoms. The highest BCUT2D eigenvalue weighted by atomic mass is 16.3. The summed E-state index contributed by atoms with van der Waals surface area (Å²) in [4.78, 5) is 5.10. The van der Waals surface area contributed by atoms with Gasteiger partial charge in [-0.2, -0.15) is 0 Å². The summed E-state index contributed by atoms with van der Waals surface area (Å²) in [6.07, 6.45) is 6.43. The summed E-state index contributed by atoms with van der Waals surface area (Å²) >= 11 is 0. The average Bonchev–Trinajstić information content (AvgIpc) is 3.68. The fourth-order valence-electron chi connectivity index (χ4n) is 7.89. The fourth-order valence-corrected chi connectivity index (χ4v) is 7.89. The molecule has 52 heavy (non-hydrogen) atoms. The van der Waals surface area contributed by atoms with Crippen LogP contribution in [0.5, 0.6) is 0 Å². The van der Waals surface area contributed by atoms with E-state index in [0.29, 0.717) is 0 Å². The fraction of sp³-hybridized carbons (Fsp3) is 0.0408. The summed E-state index contributed by atoms with van der Waals surface area (Å²) in [6, 6.07) is 58.3. The van der Waals surface area contributed by atoms with Gasteiger partial charge in [0.1, 0.15) is 17.0 Å². The normalized spacial score (nSPS) is 14.6. The smallest absolute Gasteiger partial charge is 0.143 e. The van der Waals surface area contributed by atoms with Crippen molar-refractivity contribution in [1.82, 2.24) is 4.57 Å². The highest BCUT2D eigenvalue weighted by molar-refractivity contribution is 6.17. The second-order valence-corrected chi connectivity index (χ2v) is 13.6. The molecule has 2 aromatic heterocycles. The van der Waals surface area contributed by atoms with Crippen molar-refractivity contribution in [2.75, 3.05) is 0 Å². The summed E-state index contributed by atoms with van der Waals surface area (Å²) in [5, 5.41) is 4.68. The maximum Gasteiger partial charge on any atom is 0.143 e. The number of fused-ring (bicyclic) bond motifs is 6. The molecule has 3 heteroatoms. The van der Waals surface area contributed by atoms with Crippen molar-refractivity contribution < 1.29 is 4.42 Å². The van der Waals surface area contributed by atoms with Crippen LogP contribution in [-0.2, 0) is 0 Å². The van der Waals surface area contributed by atoms with E-state index in [-0.39, 0.29) is 5.92 Å². The van der Waals surface area contributed by atoms with Crippen LogP contribution in [0.1, 0.15) is 12.5 Å². The average molecular weight is 667 g/mol. The Hall–Kier alpha value is -6.71. The second kappa shape index (κ2) is 12.3. The number of aromatic nitrogens is 1. The molecular weight excluding hydrogens is 633 g/mol. The lowest BCUT2D eigenvalue weighted by Gasteiger charge is -2.15. The van der Waals surface area contributed by atoms with Gasteiger partial charge in [-0.15, -0.1) is 0 Å². The SMILES string of the molecule is C[C@H]1C=C(c2ccc(-c3cccc(-c4ccccc4)c3)cc2)C=CN=C1n1c2ccccc2c2cc(-c3cccc4c3oc3ccccc34)ccc21. The summed E-state index contributed by atoms with van der Waals surface area (Å²) in [5.74, 6) is 1.06. The summed E-state index contributed by atoms with van der Waals surface area (Å²) in [7, 11) is 0. The number of hydrogen-bond acceptors (Lipinski definition) is 2. The molecule has 0 unspecified atom stereocenters. The van der Waals surface area contributed by atoms with Gasteiger partial charge in [-0.3, -0.25) is 4.57 Å². The molecule has 3 heterocycles.